The van der Waals surface area contributed by atoms with Gasteiger partial charge in [-0.1, -0.05) is 19.8 Å². The topological polar surface area (TPSA) is 46.6 Å². The third kappa shape index (κ3) is 5.20. The molecule has 1 aliphatic rings. The van der Waals surface area contributed by atoms with E-state index in [2.05, 4.69) is 6.92 Å². The van der Waals surface area contributed by atoms with Gasteiger partial charge < -0.3 is 9.64 Å². The largest absolute Gasteiger partial charge is 0.465 e. The van der Waals surface area contributed by atoms with E-state index in [-0.39, 0.29) is 24.5 Å². The number of hydrogen-bond donors (Lipinski definition) is 0. The number of esters is 1. The molecule has 0 aromatic rings. The summed E-state index contributed by atoms with van der Waals surface area (Å²) in [5.74, 6) is -0.183. The molecule has 98 valence electrons. The van der Waals surface area contributed by atoms with E-state index in [1.54, 1.807) is 11.8 Å². The zero-order valence-corrected chi connectivity index (χ0v) is 10.9. The number of ether oxygens (including phenoxy) is 1. The molecule has 4 nitrogen and oxygen atoms in total. The third-order valence-corrected chi connectivity index (χ3v) is 2.91. The molecule has 0 bridgehead atoms. The van der Waals surface area contributed by atoms with Crippen LogP contribution < -0.4 is 0 Å². The fourth-order valence-corrected chi connectivity index (χ4v) is 1.82. The average Bonchev–Trinajstić information content (AvgIpc) is 3.10. The Morgan fingerprint density at radius 2 is 1.94 bits per heavy atom. The Morgan fingerprint density at radius 3 is 2.47 bits per heavy atom. The van der Waals surface area contributed by atoms with Gasteiger partial charge in [0.05, 0.1) is 6.61 Å². The van der Waals surface area contributed by atoms with E-state index < -0.39 is 0 Å². The lowest BCUT2D eigenvalue weighted by molar-refractivity contribution is -0.149. The van der Waals surface area contributed by atoms with E-state index in [9.17, 15) is 9.59 Å². The first-order chi connectivity index (χ1) is 8.19. The first-order valence-electron chi connectivity index (χ1n) is 6.64. The zero-order chi connectivity index (χ0) is 12.7. The summed E-state index contributed by atoms with van der Waals surface area (Å²) < 4.78 is 4.89. The zero-order valence-electron chi connectivity index (χ0n) is 10.9. The van der Waals surface area contributed by atoms with Crippen molar-refractivity contribution < 1.29 is 14.3 Å². The van der Waals surface area contributed by atoms with Crippen molar-refractivity contribution in [2.24, 2.45) is 0 Å². The molecular weight excluding hydrogens is 218 g/mol. The first-order valence-corrected chi connectivity index (χ1v) is 6.64. The molecule has 1 rings (SSSR count). The van der Waals surface area contributed by atoms with Crippen LogP contribution in [0, 0.1) is 0 Å². The van der Waals surface area contributed by atoms with E-state index in [0.717, 1.165) is 32.1 Å². The number of carbonyl (C=O) groups is 2. The molecule has 0 saturated heterocycles. The van der Waals surface area contributed by atoms with Gasteiger partial charge in [-0.3, -0.25) is 9.59 Å². The van der Waals surface area contributed by atoms with Crippen molar-refractivity contribution in [3.05, 3.63) is 0 Å². The molecule has 4 heteroatoms. The summed E-state index contributed by atoms with van der Waals surface area (Å²) in [6, 6.07) is 0.286. The van der Waals surface area contributed by atoms with Gasteiger partial charge in [0.2, 0.25) is 5.91 Å². The van der Waals surface area contributed by atoms with Gasteiger partial charge >= 0.3 is 5.97 Å². The van der Waals surface area contributed by atoms with Crippen LogP contribution in [-0.4, -0.2) is 36.0 Å². The highest BCUT2D eigenvalue weighted by Gasteiger charge is 2.33. The molecule has 0 unspecified atom stereocenters. The van der Waals surface area contributed by atoms with Crippen molar-refractivity contribution in [3.8, 4) is 0 Å². The van der Waals surface area contributed by atoms with E-state index in [0.29, 0.717) is 13.0 Å². The smallest absolute Gasteiger partial charge is 0.325 e. The molecule has 17 heavy (non-hydrogen) atoms. The minimum atomic E-state index is -0.289. The van der Waals surface area contributed by atoms with Crippen LogP contribution in [0.1, 0.15) is 52.4 Å². The molecule has 0 N–H and O–H groups in total. The number of rotatable bonds is 8. The molecule has 0 radical (unpaired) electrons. The van der Waals surface area contributed by atoms with Crippen LogP contribution >= 0.6 is 0 Å². The summed E-state index contributed by atoms with van der Waals surface area (Å²) in [4.78, 5) is 25.1. The van der Waals surface area contributed by atoms with Crippen LogP contribution in [0.15, 0.2) is 0 Å². The van der Waals surface area contributed by atoms with Crippen molar-refractivity contribution >= 4 is 11.9 Å². The molecule has 1 amide bonds. The van der Waals surface area contributed by atoms with Gasteiger partial charge in [0, 0.05) is 12.5 Å². The fraction of sp³-hybridized carbons (Fsp3) is 0.846. The Morgan fingerprint density at radius 1 is 1.24 bits per heavy atom. The van der Waals surface area contributed by atoms with E-state index in [4.69, 9.17) is 4.74 Å². The summed E-state index contributed by atoms with van der Waals surface area (Å²) in [7, 11) is 0. The molecule has 0 spiro atoms. The standard InChI is InChI=1S/C13H23NO3/c1-3-5-6-7-12(15)14(11-8-9-11)10-13(16)17-4-2/h11H,3-10H2,1-2H3. The average molecular weight is 241 g/mol. The summed E-state index contributed by atoms with van der Waals surface area (Å²) in [6.07, 6.45) is 5.71. The number of nitrogens with zero attached hydrogens (tertiary/aromatic N) is 1. The highest BCUT2D eigenvalue weighted by molar-refractivity contribution is 5.82. The number of unbranched alkanes of at least 4 members (excludes halogenated alkanes) is 2. The van der Waals surface area contributed by atoms with Gasteiger partial charge in [0.1, 0.15) is 6.54 Å². The van der Waals surface area contributed by atoms with Crippen LogP contribution in [0.25, 0.3) is 0 Å². The lowest BCUT2D eigenvalue weighted by Crippen LogP contribution is -2.38. The van der Waals surface area contributed by atoms with Gasteiger partial charge in [-0.05, 0) is 26.2 Å². The van der Waals surface area contributed by atoms with E-state index >= 15 is 0 Å². The van der Waals surface area contributed by atoms with Gasteiger partial charge in [0.25, 0.3) is 0 Å². The molecule has 1 saturated carbocycles. The number of amides is 1. The monoisotopic (exact) mass is 241 g/mol. The third-order valence-electron chi connectivity index (χ3n) is 2.91. The summed E-state index contributed by atoms with van der Waals surface area (Å²) in [6.45, 7) is 4.40. The Bertz CT molecular complexity index is 261. The molecular formula is C13H23NO3. The highest BCUT2D eigenvalue weighted by atomic mass is 16.5. The maximum Gasteiger partial charge on any atom is 0.325 e. The quantitative estimate of drug-likeness (QED) is 0.483. The van der Waals surface area contributed by atoms with Crippen LogP contribution in [0.5, 0.6) is 0 Å². The molecule has 0 heterocycles. The minimum Gasteiger partial charge on any atom is -0.465 e. The number of hydrogen-bond acceptors (Lipinski definition) is 3. The van der Waals surface area contributed by atoms with Crippen LogP contribution in [-0.2, 0) is 14.3 Å². The molecule has 0 atom stereocenters. The Labute approximate surface area is 103 Å². The Kier molecular flexibility index (Phi) is 6.01. The summed E-state index contributed by atoms with van der Waals surface area (Å²) in [5, 5.41) is 0. The summed E-state index contributed by atoms with van der Waals surface area (Å²) in [5.41, 5.74) is 0. The maximum absolute atomic E-state index is 12.0. The van der Waals surface area contributed by atoms with E-state index in [1.807, 2.05) is 0 Å². The normalized spacial score (nSPS) is 14.5. The van der Waals surface area contributed by atoms with Crippen molar-refractivity contribution in [1.82, 2.24) is 4.90 Å². The SMILES string of the molecule is CCCCCC(=O)N(CC(=O)OCC)C1CC1. The molecule has 0 aliphatic heterocycles. The number of carbonyl (C=O) groups excluding carboxylic acids is 2. The molecule has 0 aromatic heterocycles. The van der Waals surface area contributed by atoms with Crippen LogP contribution in [0.2, 0.25) is 0 Å². The lowest BCUT2D eigenvalue weighted by Gasteiger charge is -2.21. The van der Waals surface area contributed by atoms with Crippen LogP contribution in [0.4, 0.5) is 0 Å². The highest BCUT2D eigenvalue weighted by Crippen LogP contribution is 2.27. The van der Waals surface area contributed by atoms with Gasteiger partial charge in [-0.2, -0.15) is 0 Å². The summed E-state index contributed by atoms with van der Waals surface area (Å²) >= 11 is 0. The second-order valence-electron chi connectivity index (χ2n) is 4.51. The van der Waals surface area contributed by atoms with Crippen molar-refractivity contribution in [3.63, 3.8) is 0 Å². The van der Waals surface area contributed by atoms with Crippen molar-refractivity contribution in [2.75, 3.05) is 13.2 Å². The van der Waals surface area contributed by atoms with Gasteiger partial charge in [-0.15, -0.1) is 0 Å². The second kappa shape index (κ2) is 7.30. The predicted octanol–water partition coefficient (Wildman–Crippen LogP) is 2.12. The second-order valence-corrected chi connectivity index (χ2v) is 4.51. The molecule has 0 aromatic carbocycles. The fourth-order valence-electron chi connectivity index (χ4n) is 1.82. The van der Waals surface area contributed by atoms with E-state index in [1.165, 1.54) is 0 Å². The predicted molar refractivity (Wildman–Crippen MR) is 65.5 cm³/mol. The lowest BCUT2D eigenvalue weighted by atomic mass is 10.2. The van der Waals surface area contributed by atoms with Crippen LogP contribution in [0.3, 0.4) is 0 Å². The Hall–Kier alpha value is -1.06. The van der Waals surface area contributed by atoms with Crippen molar-refractivity contribution in [1.29, 1.82) is 0 Å². The van der Waals surface area contributed by atoms with Crippen molar-refractivity contribution in [2.45, 2.75) is 58.4 Å². The van der Waals surface area contributed by atoms with Gasteiger partial charge in [0.15, 0.2) is 0 Å². The Balaban J connectivity index is 2.36. The maximum atomic E-state index is 12.0. The molecule has 1 fully saturated rings. The minimum absolute atomic E-state index is 0.106. The molecule has 1 aliphatic carbocycles. The first kappa shape index (κ1) is 14.0. The van der Waals surface area contributed by atoms with Gasteiger partial charge in [-0.25, -0.2) is 0 Å².